The topological polar surface area (TPSA) is 102 Å². The highest BCUT2D eigenvalue weighted by Crippen LogP contribution is 2.18. The average molecular weight is 458 g/mol. The normalized spacial score (nSPS) is 10.5. The highest BCUT2D eigenvalue weighted by molar-refractivity contribution is 6.30. The summed E-state index contributed by atoms with van der Waals surface area (Å²) in [4.78, 5) is 43.0. The molecule has 0 fully saturated rings. The number of nitriles is 1. The second-order valence-electron chi connectivity index (χ2n) is 7.05. The molecule has 0 bridgehead atoms. The van der Waals surface area contributed by atoms with E-state index in [1.54, 1.807) is 60.7 Å². The van der Waals surface area contributed by atoms with Crippen molar-refractivity contribution < 1.29 is 14.3 Å². The van der Waals surface area contributed by atoms with Gasteiger partial charge >= 0.3 is 5.97 Å². The Morgan fingerprint density at radius 2 is 1.64 bits per heavy atom. The lowest BCUT2D eigenvalue weighted by Crippen LogP contribution is -2.26. The van der Waals surface area contributed by atoms with Crippen LogP contribution in [0, 0.1) is 11.3 Å². The molecule has 33 heavy (non-hydrogen) atoms. The minimum absolute atomic E-state index is 0.0763. The van der Waals surface area contributed by atoms with Crippen LogP contribution in [0.5, 0.6) is 0 Å². The second kappa shape index (κ2) is 9.47. The Morgan fingerprint density at radius 1 is 0.970 bits per heavy atom. The van der Waals surface area contributed by atoms with E-state index in [1.165, 1.54) is 16.7 Å². The molecule has 0 amide bonds. The Labute approximate surface area is 193 Å². The van der Waals surface area contributed by atoms with Crippen LogP contribution in [-0.4, -0.2) is 21.3 Å². The van der Waals surface area contributed by atoms with E-state index in [0.29, 0.717) is 21.5 Å². The first-order valence-corrected chi connectivity index (χ1v) is 10.3. The van der Waals surface area contributed by atoms with Crippen LogP contribution in [-0.2, 0) is 17.9 Å². The SMILES string of the molecule is N#CCn1c(COC(=O)c2ccccc2C(=O)c2ccc(Cl)cc2)nc2ccccc2c1=O. The number of aromatic nitrogens is 2. The third-order valence-electron chi connectivity index (χ3n) is 5.00. The molecular formula is C25H16ClN3O4. The highest BCUT2D eigenvalue weighted by atomic mass is 35.5. The number of hydrogen-bond acceptors (Lipinski definition) is 6. The lowest BCUT2D eigenvalue weighted by atomic mass is 9.98. The van der Waals surface area contributed by atoms with Crippen LogP contribution in [0.2, 0.25) is 5.02 Å². The molecule has 7 nitrogen and oxygen atoms in total. The fourth-order valence-corrected chi connectivity index (χ4v) is 3.51. The van der Waals surface area contributed by atoms with Gasteiger partial charge in [0.2, 0.25) is 0 Å². The fourth-order valence-electron chi connectivity index (χ4n) is 3.38. The number of benzene rings is 3. The minimum atomic E-state index is -0.751. The van der Waals surface area contributed by atoms with E-state index in [2.05, 4.69) is 4.98 Å². The molecule has 0 atom stereocenters. The van der Waals surface area contributed by atoms with Crippen molar-refractivity contribution in [2.75, 3.05) is 0 Å². The molecule has 0 radical (unpaired) electrons. The third-order valence-corrected chi connectivity index (χ3v) is 5.25. The van der Waals surface area contributed by atoms with Gasteiger partial charge in [0.05, 0.1) is 22.5 Å². The number of fused-ring (bicyclic) bond motifs is 1. The Bertz CT molecular complexity index is 1470. The van der Waals surface area contributed by atoms with Crippen molar-refractivity contribution in [3.05, 3.63) is 111 Å². The Hall–Kier alpha value is -4.28. The molecule has 0 aliphatic carbocycles. The number of ether oxygens (including phenoxy) is 1. The number of carbonyl (C=O) groups excluding carboxylic acids is 2. The molecule has 8 heteroatoms. The van der Waals surface area contributed by atoms with Crippen LogP contribution in [0.4, 0.5) is 0 Å². The molecule has 0 aliphatic heterocycles. The van der Waals surface area contributed by atoms with Gasteiger partial charge in [-0.15, -0.1) is 0 Å². The van der Waals surface area contributed by atoms with Crippen LogP contribution < -0.4 is 5.56 Å². The monoisotopic (exact) mass is 457 g/mol. The van der Waals surface area contributed by atoms with E-state index in [-0.39, 0.29) is 35.9 Å². The first-order chi connectivity index (χ1) is 16.0. The first-order valence-electron chi connectivity index (χ1n) is 9.91. The predicted molar refractivity (Wildman–Crippen MR) is 122 cm³/mol. The highest BCUT2D eigenvalue weighted by Gasteiger charge is 2.20. The summed E-state index contributed by atoms with van der Waals surface area (Å²) < 4.78 is 6.57. The van der Waals surface area contributed by atoms with Gasteiger partial charge in [0.15, 0.2) is 11.6 Å². The second-order valence-corrected chi connectivity index (χ2v) is 7.49. The van der Waals surface area contributed by atoms with Crippen molar-refractivity contribution in [2.45, 2.75) is 13.2 Å². The number of nitrogens with zero attached hydrogens (tertiary/aromatic N) is 3. The molecule has 0 saturated carbocycles. The number of para-hydroxylation sites is 1. The number of ketones is 1. The van der Waals surface area contributed by atoms with Gasteiger partial charge in [0.1, 0.15) is 13.2 Å². The van der Waals surface area contributed by atoms with Crippen LogP contribution in [0.25, 0.3) is 10.9 Å². The lowest BCUT2D eigenvalue weighted by Gasteiger charge is -2.12. The zero-order valence-electron chi connectivity index (χ0n) is 17.2. The Kier molecular flexibility index (Phi) is 6.29. The molecule has 3 aromatic carbocycles. The third kappa shape index (κ3) is 4.52. The molecule has 0 unspecified atom stereocenters. The van der Waals surface area contributed by atoms with E-state index in [1.807, 2.05) is 6.07 Å². The maximum atomic E-state index is 12.9. The Morgan fingerprint density at radius 3 is 2.36 bits per heavy atom. The molecule has 0 N–H and O–H groups in total. The first kappa shape index (κ1) is 21.9. The van der Waals surface area contributed by atoms with Gasteiger partial charge in [-0.3, -0.25) is 14.2 Å². The van der Waals surface area contributed by atoms with Gasteiger partial charge in [0.25, 0.3) is 5.56 Å². The summed E-state index contributed by atoms with van der Waals surface area (Å²) in [5.41, 5.74) is 0.657. The summed E-state index contributed by atoms with van der Waals surface area (Å²) in [5.74, 6) is -0.974. The van der Waals surface area contributed by atoms with Gasteiger partial charge < -0.3 is 4.74 Å². The van der Waals surface area contributed by atoms with Crippen LogP contribution in [0.15, 0.2) is 77.6 Å². The summed E-state index contributed by atoms with van der Waals surface area (Å²) in [6.07, 6.45) is 0. The van der Waals surface area contributed by atoms with E-state index in [9.17, 15) is 14.4 Å². The van der Waals surface area contributed by atoms with E-state index in [4.69, 9.17) is 21.6 Å². The van der Waals surface area contributed by atoms with Crippen molar-refractivity contribution in [2.24, 2.45) is 0 Å². The van der Waals surface area contributed by atoms with Gasteiger partial charge in [0, 0.05) is 16.1 Å². The summed E-state index contributed by atoms with van der Waals surface area (Å²) in [6.45, 7) is -0.584. The molecular weight excluding hydrogens is 442 g/mol. The summed E-state index contributed by atoms with van der Waals surface area (Å²) in [6, 6.07) is 21.3. The molecule has 0 aliphatic rings. The summed E-state index contributed by atoms with van der Waals surface area (Å²) in [5, 5.41) is 9.98. The number of esters is 1. The number of hydrogen-bond donors (Lipinski definition) is 0. The quantitative estimate of drug-likeness (QED) is 0.318. The summed E-state index contributed by atoms with van der Waals surface area (Å²) >= 11 is 5.89. The molecule has 1 heterocycles. The summed E-state index contributed by atoms with van der Waals surface area (Å²) in [7, 11) is 0. The van der Waals surface area contributed by atoms with Gasteiger partial charge in [-0.2, -0.15) is 5.26 Å². The zero-order valence-corrected chi connectivity index (χ0v) is 18.0. The van der Waals surface area contributed by atoms with E-state index >= 15 is 0 Å². The minimum Gasteiger partial charge on any atom is -0.454 e. The van der Waals surface area contributed by atoms with Crippen molar-refractivity contribution in [1.82, 2.24) is 9.55 Å². The maximum Gasteiger partial charge on any atom is 0.339 e. The number of carbonyl (C=O) groups is 2. The van der Waals surface area contributed by atoms with Gasteiger partial charge in [-0.05, 0) is 42.5 Å². The van der Waals surface area contributed by atoms with Crippen molar-refractivity contribution >= 4 is 34.3 Å². The largest absolute Gasteiger partial charge is 0.454 e. The molecule has 1 aromatic heterocycles. The van der Waals surface area contributed by atoms with Crippen molar-refractivity contribution in [1.29, 1.82) is 5.26 Å². The van der Waals surface area contributed by atoms with Gasteiger partial charge in [-0.1, -0.05) is 41.9 Å². The molecule has 4 aromatic rings. The van der Waals surface area contributed by atoms with Crippen molar-refractivity contribution in [3.63, 3.8) is 0 Å². The number of rotatable bonds is 6. The van der Waals surface area contributed by atoms with Crippen molar-refractivity contribution in [3.8, 4) is 6.07 Å². The van der Waals surface area contributed by atoms with E-state index < -0.39 is 11.5 Å². The lowest BCUT2D eigenvalue weighted by molar-refractivity contribution is 0.0454. The predicted octanol–water partition coefficient (Wildman–Crippen LogP) is 4.16. The van der Waals surface area contributed by atoms with E-state index in [0.717, 1.165) is 0 Å². The Balaban J connectivity index is 1.63. The fraction of sp³-hybridized carbons (Fsp3) is 0.0800. The zero-order chi connectivity index (χ0) is 23.4. The van der Waals surface area contributed by atoms with Crippen LogP contribution in [0.3, 0.4) is 0 Å². The maximum absolute atomic E-state index is 12.9. The molecule has 162 valence electrons. The van der Waals surface area contributed by atoms with Crippen LogP contribution >= 0.6 is 11.6 Å². The molecule has 0 saturated heterocycles. The van der Waals surface area contributed by atoms with Gasteiger partial charge in [-0.25, -0.2) is 9.78 Å². The number of halogens is 1. The molecule has 0 spiro atoms. The standard InChI is InChI=1S/C25H16ClN3O4/c26-17-11-9-16(10-12-17)23(30)18-5-1-2-6-19(18)25(32)33-15-22-28-21-8-4-3-7-20(21)24(31)29(22)14-13-27/h1-12H,14-15H2. The average Bonchev–Trinajstić information content (AvgIpc) is 2.84. The smallest absolute Gasteiger partial charge is 0.339 e. The molecule has 4 rings (SSSR count). The van der Waals surface area contributed by atoms with Crippen LogP contribution in [0.1, 0.15) is 32.1 Å².